The zero-order valence-corrected chi connectivity index (χ0v) is 11.6. The molecule has 0 radical (unpaired) electrons. The van der Waals surface area contributed by atoms with Crippen molar-refractivity contribution in [3.05, 3.63) is 35.0 Å². The lowest BCUT2D eigenvalue weighted by molar-refractivity contribution is 0.221. The minimum atomic E-state index is 0.827. The Balaban J connectivity index is 1.93. The van der Waals surface area contributed by atoms with Crippen molar-refractivity contribution in [3.63, 3.8) is 0 Å². The first-order valence-corrected chi connectivity index (χ1v) is 7.07. The van der Waals surface area contributed by atoms with Crippen LogP contribution in [0, 0.1) is 0 Å². The average Bonchev–Trinajstić information content (AvgIpc) is 2.67. The fourth-order valence-electron chi connectivity index (χ4n) is 2.93. The molecule has 3 rings (SSSR count). The van der Waals surface area contributed by atoms with E-state index in [0.29, 0.717) is 0 Å². The van der Waals surface area contributed by atoms with Crippen molar-refractivity contribution in [3.8, 4) is 0 Å². The zero-order chi connectivity index (χ0) is 12.5. The number of hydrogen-bond donors (Lipinski definition) is 0. The maximum absolute atomic E-state index is 6.12. The molecule has 1 aliphatic heterocycles. The summed E-state index contributed by atoms with van der Waals surface area (Å²) in [6.45, 7) is 3.52. The maximum atomic E-state index is 6.12. The summed E-state index contributed by atoms with van der Waals surface area (Å²) in [5.74, 6) is 0. The number of aromatic nitrogens is 1. The Hall–Kier alpha value is -0.990. The molecule has 0 bridgehead atoms. The molecule has 2 nitrogen and oxygen atoms in total. The Labute approximate surface area is 113 Å². The Morgan fingerprint density at radius 2 is 1.94 bits per heavy atom. The van der Waals surface area contributed by atoms with E-state index < -0.39 is 0 Å². The number of nitrogens with zero attached hydrogens (tertiary/aromatic N) is 2. The highest BCUT2D eigenvalue weighted by atomic mass is 35.5. The number of aryl methyl sites for hydroxylation is 1. The molecule has 1 fully saturated rings. The minimum absolute atomic E-state index is 0.827. The Bertz CT molecular complexity index is 553. The predicted octanol–water partition coefficient (Wildman–Crippen LogP) is 3.82. The third-order valence-electron chi connectivity index (χ3n) is 3.88. The van der Waals surface area contributed by atoms with Gasteiger partial charge in [0.25, 0.3) is 0 Å². The number of rotatable bonds is 2. The molecule has 0 amide bonds. The Morgan fingerprint density at radius 3 is 2.72 bits per heavy atom. The molecular weight excluding hydrogens is 244 g/mol. The third kappa shape index (κ3) is 2.27. The van der Waals surface area contributed by atoms with Gasteiger partial charge in [-0.05, 0) is 49.7 Å². The summed E-state index contributed by atoms with van der Waals surface area (Å²) in [5, 5.41) is 2.13. The molecule has 3 heteroatoms. The van der Waals surface area contributed by atoms with Gasteiger partial charge in [0, 0.05) is 35.7 Å². The van der Waals surface area contributed by atoms with Gasteiger partial charge in [-0.2, -0.15) is 0 Å². The number of piperidine rings is 1. The van der Waals surface area contributed by atoms with Crippen LogP contribution in [0.25, 0.3) is 10.9 Å². The van der Waals surface area contributed by atoms with Gasteiger partial charge in [0.05, 0.1) is 0 Å². The molecule has 0 unspecified atom stereocenters. The van der Waals surface area contributed by atoms with Crippen LogP contribution in [-0.2, 0) is 13.6 Å². The summed E-state index contributed by atoms with van der Waals surface area (Å²) in [4.78, 5) is 2.55. The second kappa shape index (κ2) is 4.94. The van der Waals surface area contributed by atoms with Crippen LogP contribution in [0.5, 0.6) is 0 Å². The highest BCUT2D eigenvalue weighted by Crippen LogP contribution is 2.26. The van der Waals surface area contributed by atoms with Gasteiger partial charge in [-0.3, -0.25) is 4.90 Å². The molecule has 1 aliphatic rings. The van der Waals surface area contributed by atoms with Crippen LogP contribution >= 0.6 is 11.6 Å². The minimum Gasteiger partial charge on any atom is -0.350 e. The predicted molar refractivity (Wildman–Crippen MR) is 77.1 cm³/mol. The quantitative estimate of drug-likeness (QED) is 0.799. The van der Waals surface area contributed by atoms with E-state index in [1.807, 2.05) is 6.07 Å². The number of hydrogen-bond acceptors (Lipinski definition) is 1. The van der Waals surface area contributed by atoms with Crippen molar-refractivity contribution in [1.29, 1.82) is 0 Å². The van der Waals surface area contributed by atoms with Gasteiger partial charge in [-0.25, -0.2) is 0 Å². The first-order valence-electron chi connectivity index (χ1n) is 6.70. The van der Waals surface area contributed by atoms with E-state index in [1.165, 1.54) is 48.8 Å². The fourth-order valence-corrected chi connectivity index (χ4v) is 3.10. The molecule has 0 atom stereocenters. The van der Waals surface area contributed by atoms with E-state index in [0.717, 1.165) is 11.6 Å². The topological polar surface area (TPSA) is 8.17 Å². The van der Waals surface area contributed by atoms with Gasteiger partial charge in [0.15, 0.2) is 0 Å². The molecule has 96 valence electrons. The van der Waals surface area contributed by atoms with E-state index in [9.17, 15) is 0 Å². The lowest BCUT2D eigenvalue weighted by Crippen LogP contribution is -2.28. The standard InChI is InChI=1S/C15H19ClN2/c1-17-10-12(11-18-7-3-2-4-8-18)14-9-13(16)5-6-15(14)17/h5-6,9-10H,2-4,7-8,11H2,1H3. The first-order chi connectivity index (χ1) is 8.74. The van der Waals surface area contributed by atoms with Crippen LogP contribution in [0.4, 0.5) is 0 Å². The summed E-state index contributed by atoms with van der Waals surface area (Å²) >= 11 is 6.12. The molecule has 2 aromatic rings. The van der Waals surface area contributed by atoms with Crippen molar-refractivity contribution in [2.45, 2.75) is 25.8 Å². The second-order valence-electron chi connectivity index (χ2n) is 5.26. The summed E-state index contributed by atoms with van der Waals surface area (Å²) in [6.07, 6.45) is 6.31. The SMILES string of the molecule is Cn1cc(CN2CCCCC2)c2cc(Cl)ccc21. The van der Waals surface area contributed by atoms with E-state index in [1.54, 1.807) is 0 Å². The Kier molecular flexibility index (Phi) is 3.31. The lowest BCUT2D eigenvalue weighted by atomic mass is 10.1. The molecule has 1 aromatic heterocycles. The average molecular weight is 263 g/mol. The fraction of sp³-hybridized carbons (Fsp3) is 0.467. The molecule has 18 heavy (non-hydrogen) atoms. The van der Waals surface area contributed by atoms with E-state index in [-0.39, 0.29) is 0 Å². The van der Waals surface area contributed by atoms with E-state index in [2.05, 4.69) is 34.8 Å². The van der Waals surface area contributed by atoms with Gasteiger partial charge in [0.2, 0.25) is 0 Å². The summed E-state index contributed by atoms with van der Waals surface area (Å²) < 4.78 is 2.20. The smallest absolute Gasteiger partial charge is 0.0482 e. The molecule has 1 saturated heterocycles. The summed E-state index contributed by atoms with van der Waals surface area (Å²) in [6, 6.07) is 6.17. The van der Waals surface area contributed by atoms with Gasteiger partial charge < -0.3 is 4.57 Å². The highest BCUT2D eigenvalue weighted by molar-refractivity contribution is 6.31. The van der Waals surface area contributed by atoms with Crippen LogP contribution in [-0.4, -0.2) is 22.6 Å². The highest BCUT2D eigenvalue weighted by Gasteiger charge is 2.14. The van der Waals surface area contributed by atoms with Crippen LogP contribution in [0.1, 0.15) is 24.8 Å². The van der Waals surface area contributed by atoms with E-state index >= 15 is 0 Å². The van der Waals surface area contributed by atoms with Gasteiger partial charge in [0.1, 0.15) is 0 Å². The number of halogens is 1. The summed E-state index contributed by atoms with van der Waals surface area (Å²) in [5.41, 5.74) is 2.67. The molecule has 2 heterocycles. The van der Waals surface area contributed by atoms with Crippen molar-refractivity contribution in [1.82, 2.24) is 9.47 Å². The largest absolute Gasteiger partial charge is 0.350 e. The number of likely N-dealkylation sites (tertiary alicyclic amines) is 1. The molecule has 0 N–H and O–H groups in total. The number of benzene rings is 1. The van der Waals surface area contributed by atoms with Crippen molar-refractivity contribution >= 4 is 22.5 Å². The van der Waals surface area contributed by atoms with E-state index in [4.69, 9.17) is 11.6 Å². The zero-order valence-electron chi connectivity index (χ0n) is 10.8. The van der Waals surface area contributed by atoms with Crippen molar-refractivity contribution in [2.24, 2.45) is 7.05 Å². The van der Waals surface area contributed by atoms with Crippen molar-refractivity contribution in [2.75, 3.05) is 13.1 Å². The van der Waals surface area contributed by atoms with Crippen LogP contribution < -0.4 is 0 Å². The lowest BCUT2D eigenvalue weighted by Gasteiger charge is -2.26. The normalized spacial score (nSPS) is 17.4. The van der Waals surface area contributed by atoms with Gasteiger partial charge in [-0.15, -0.1) is 0 Å². The van der Waals surface area contributed by atoms with Crippen LogP contribution in [0.15, 0.2) is 24.4 Å². The molecular formula is C15H19ClN2. The van der Waals surface area contributed by atoms with Gasteiger partial charge in [-0.1, -0.05) is 18.0 Å². The molecule has 1 aromatic carbocycles. The summed E-state index contributed by atoms with van der Waals surface area (Å²) in [7, 11) is 2.11. The molecule has 0 aliphatic carbocycles. The maximum Gasteiger partial charge on any atom is 0.0482 e. The van der Waals surface area contributed by atoms with Crippen LogP contribution in [0.3, 0.4) is 0 Å². The van der Waals surface area contributed by atoms with Crippen LogP contribution in [0.2, 0.25) is 5.02 Å². The van der Waals surface area contributed by atoms with Gasteiger partial charge >= 0.3 is 0 Å². The molecule has 0 saturated carbocycles. The number of fused-ring (bicyclic) bond motifs is 1. The van der Waals surface area contributed by atoms with Crippen molar-refractivity contribution < 1.29 is 0 Å². The third-order valence-corrected chi connectivity index (χ3v) is 4.11. The first kappa shape index (κ1) is 12.1. The Morgan fingerprint density at radius 1 is 1.17 bits per heavy atom. The second-order valence-corrected chi connectivity index (χ2v) is 5.70. The molecule has 0 spiro atoms. The monoisotopic (exact) mass is 262 g/mol.